The van der Waals surface area contributed by atoms with Gasteiger partial charge in [-0.3, -0.25) is 9.59 Å². The van der Waals surface area contributed by atoms with Gasteiger partial charge in [-0.1, -0.05) is 37.3 Å². The molecule has 0 bridgehead atoms. The highest BCUT2D eigenvalue weighted by molar-refractivity contribution is 5.92. The van der Waals surface area contributed by atoms with Gasteiger partial charge in [-0.05, 0) is 59.1 Å². The molecule has 0 radical (unpaired) electrons. The molecule has 0 aliphatic heterocycles. The molecule has 0 aliphatic rings. The maximum Gasteiger partial charge on any atom is 0.408 e. The van der Waals surface area contributed by atoms with Gasteiger partial charge >= 0.3 is 6.09 Å². The maximum absolute atomic E-state index is 13.4. The van der Waals surface area contributed by atoms with E-state index in [0.29, 0.717) is 5.56 Å². The van der Waals surface area contributed by atoms with Crippen LogP contribution in [0.25, 0.3) is 0 Å². The van der Waals surface area contributed by atoms with Crippen LogP contribution in [0.1, 0.15) is 65.6 Å². The van der Waals surface area contributed by atoms with Crippen LogP contribution in [-0.4, -0.2) is 58.2 Å². The Labute approximate surface area is 197 Å². The lowest BCUT2D eigenvalue weighted by atomic mass is 9.99. The standard InChI is InChI=1S/C25H39N3O5/c1-9-15-28(22(31)19(16-29)26-23(32)33-25(6,7)8)20(21(30)27-24(3,4)5)18-13-11-17(10-2)12-14-18/h9,11-14,19-20,29H,1,10,15-16H2,2-8H3,(H,26,32)(H,27,30). The van der Waals surface area contributed by atoms with Gasteiger partial charge in [0.2, 0.25) is 11.8 Å². The van der Waals surface area contributed by atoms with Crippen LogP contribution in [0.4, 0.5) is 4.79 Å². The quantitative estimate of drug-likeness (QED) is 0.490. The summed E-state index contributed by atoms with van der Waals surface area (Å²) in [4.78, 5) is 40.3. The lowest BCUT2D eigenvalue weighted by Gasteiger charge is -2.35. The lowest BCUT2D eigenvalue weighted by molar-refractivity contribution is -0.143. The fourth-order valence-electron chi connectivity index (χ4n) is 3.14. The lowest BCUT2D eigenvalue weighted by Crippen LogP contribution is -2.55. The van der Waals surface area contributed by atoms with Crippen LogP contribution in [0.15, 0.2) is 36.9 Å². The number of nitrogens with one attached hydrogen (secondary N) is 2. The van der Waals surface area contributed by atoms with Gasteiger partial charge in [-0.2, -0.15) is 0 Å². The van der Waals surface area contributed by atoms with Crippen LogP contribution in [0.2, 0.25) is 0 Å². The smallest absolute Gasteiger partial charge is 0.408 e. The molecule has 0 aliphatic carbocycles. The van der Waals surface area contributed by atoms with Gasteiger partial charge in [0.15, 0.2) is 0 Å². The second-order valence-corrected chi connectivity index (χ2v) is 9.90. The third-order valence-corrected chi connectivity index (χ3v) is 4.54. The minimum absolute atomic E-state index is 0.0308. The zero-order valence-corrected chi connectivity index (χ0v) is 20.9. The molecule has 8 nitrogen and oxygen atoms in total. The Morgan fingerprint density at radius 2 is 1.70 bits per heavy atom. The largest absolute Gasteiger partial charge is 0.444 e. The third-order valence-electron chi connectivity index (χ3n) is 4.54. The van der Waals surface area contributed by atoms with Crippen molar-refractivity contribution >= 4 is 17.9 Å². The number of ether oxygens (including phenoxy) is 1. The highest BCUT2D eigenvalue weighted by Gasteiger charge is 2.36. The molecule has 1 aromatic rings. The van der Waals surface area contributed by atoms with Crippen molar-refractivity contribution in [1.29, 1.82) is 0 Å². The number of carbonyl (C=O) groups excluding carboxylic acids is 3. The van der Waals surface area contributed by atoms with E-state index in [4.69, 9.17) is 4.74 Å². The number of amides is 3. The first-order chi connectivity index (χ1) is 15.2. The van der Waals surface area contributed by atoms with E-state index >= 15 is 0 Å². The SMILES string of the molecule is C=CCN(C(=O)C(CO)NC(=O)OC(C)(C)C)C(C(=O)NC(C)(C)C)c1ccc(CC)cc1. The summed E-state index contributed by atoms with van der Waals surface area (Å²) < 4.78 is 5.21. The van der Waals surface area contributed by atoms with Crippen LogP contribution in [0.5, 0.6) is 0 Å². The number of aliphatic hydroxyl groups is 1. The first-order valence-electron chi connectivity index (χ1n) is 11.1. The van der Waals surface area contributed by atoms with E-state index in [1.165, 1.54) is 11.0 Å². The van der Waals surface area contributed by atoms with Gasteiger partial charge in [0.05, 0.1) is 6.61 Å². The molecule has 184 valence electrons. The molecule has 0 saturated heterocycles. The Morgan fingerprint density at radius 3 is 2.12 bits per heavy atom. The second kappa shape index (κ2) is 11.8. The number of benzene rings is 1. The first-order valence-corrected chi connectivity index (χ1v) is 11.1. The van der Waals surface area contributed by atoms with Gasteiger partial charge in [0.1, 0.15) is 17.7 Å². The van der Waals surface area contributed by atoms with Crippen LogP contribution in [0, 0.1) is 0 Å². The zero-order chi connectivity index (χ0) is 25.4. The second-order valence-electron chi connectivity index (χ2n) is 9.90. The third kappa shape index (κ3) is 9.26. The molecule has 1 rings (SSSR count). The number of hydrogen-bond donors (Lipinski definition) is 3. The summed E-state index contributed by atoms with van der Waals surface area (Å²) in [6, 6.07) is 5.15. The molecule has 0 heterocycles. The number of aryl methyl sites for hydroxylation is 1. The normalized spacial score (nSPS) is 13.5. The van der Waals surface area contributed by atoms with Gasteiger partial charge in [-0.15, -0.1) is 6.58 Å². The highest BCUT2D eigenvalue weighted by Crippen LogP contribution is 2.24. The fourth-order valence-corrected chi connectivity index (χ4v) is 3.14. The van der Waals surface area contributed by atoms with Crippen molar-refractivity contribution in [3.05, 3.63) is 48.0 Å². The maximum atomic E-state index is 13.4. The molecular weight excluding hydrogens is 422 g/mol. The molecule has 1 aromatic carbocycles. The topological polar surface area (TPSA) is 108 Å². The zero-order valence-electron chi connectivity index (χ0n) is 20.9. The molecular formula is C25H39N3O5. The number of rotatable bonds is 9. The molecule has 0 saturated carbocycles. The van der Waals surface area contributed by atoms with Crippen molar-refractivity contribution in [1.82, 2.24) is 15.5 Å². The first kappa shape index (κ1) is 28.2. The molecule has 0 aromatic heterocycles. The summed E-state index contributed by atoms with van der Waals surface area (Å²) >= 11 is 0. The van der Waals surface area contributed by atoms with E-state index in [1.807, 2.05) is 52.0 Å². The minimum atomic E-state index is -1.29. The van der Waals surface area contributed by atoms with E-state index in [1.54, 1.807) is 20.8 Å². The minimum Gasteiger partial charge on any atom is -0.444 e. The van der Waals surface area contributed by atoms with Gasteiger partial charge in [0.25, 0.3) is 0 Å². The van der Waals surface area contributed by atoms with E-state index in [0.717, 1.165) is 12.0 Å². The summed E-state index contributed by atoms with van der Waals surface area (Å²) in [6.07, 6.45) is 1.50. The molecule has 0 spiro atoms. The average Bonchev–Trinajstić information content (AvgIpc) is 2.69. The number of aliphatic hydroxyl groups excluding tert-OH is 1. The molecule has 8 heteroatoms. The summed E-state index contributed by atoms with van der Waals surface area (Å²) in [7, 11) is 0. The van der Waals surface area contributed by atoms with Crippen molar-refractivity contribution < 1.29 is 24.2 Å². The molecule has 2 atom stereocenters. The van der Waals surface area contributed by atoms with E-state index < -0.39 is 41.8 Å². The Hall–Kier alpha value is -2.87. The Bertz CT molecular complexity index is 822. The molecule has 3 N–H and O–H groups in total. The predicted molar refractivity (Wildman–Crippen MR) is 129 cm³/mol. The van der Waals surface area contributed by atoms with E-state index in [9.17, 15) is 19.5 Å². The highest BCUT2D eigenvalue weighted by atomic mass is 16.6. The summed E-state index contributed by atoms with van der Waals surface area (Å²) in [6.45, 7) is 15.7. The van der Waals surface area contributed by atoms with Crippen LogP contribution < -0.4 is 10.6 Å². The average molecular weight is 462 g/mol. The predicted octanol–water partition coefficient (Wildman–Crippen LogP) is 3.11. The summed E-state index contributed by atoms with van der Waals surface area (Å²) in [5.41, 5.74) is 0.393. The summed E-state index contributed by atoms with van der Waals surface area (Å²) in [5, 5.41) is 15.2. The Kier molecular flexibility index (Phi) is 10.1. The van der Waals surface area contributed by atoms with Crippen LogP contribution in [-0.2, 0) is 20.7 Å². The molecule has 3 amide bonds. The number of nitrogens with zero attached hydrogens (tertiary/aromatic N) is 1. The van der Waals surface area contributed by atoms with Crippen molar-refractivity contribution in [2.75, 3.05) is 13.2 Å². The van der Waals surface area contributed by atoms with Crippen LogP contribution in [0.3, 0.4) is 0 Å². The van der Waals surface area contributed by atoms with Crippen molar-refractivity contribution in [2.45, 2.75) is 78.1 Å². The molecule has 0 fully saturated rings. The van der Waals surface area contributed by atoms with Gasteiger partial charge in [0, 0.05) is 12.1 Å². The Morgan fingerprint density at radius 1 is 1.12 bits per heavy atom. The molecule has 2 unspecified atom stereocenters. The van der Waals surface area contributed by atoms with Crippen LogP contribution >= 0.6 is 0 Å². The number of alkyl carbamates (subject to hydrolysis) is 1. The molecule has 33 heavy (non-hydrogen) atoms. The Balaban J connectivity index is 3.37. The van der Waals surface area contributed by atoms with Gasteiger partial charge < -0.3 is 25.4 Å². The van der Waals surface area contributed by atoms with Crippen molar-refractivity contribution in [2.24, 2.45) is 0 Å². The fraction of sp³-hybridized carbons (Fsp3) is 0.560. The monoisotopic (exact) mass is 461 g/mol. The number of carbonyl (C=O) groups is 3. The van der Waals surface area contributed by atoms with Crippen molar-refractivity contribution in [3.63, 3.8) is 0 Å². The van der Waals surface area contributed by atoms with E-state index in [2.05, 4.69) is 17.2 Å². The summed E-state index contributed by atoms with van der Waals surface area (Å²) in [5.74, 6) is -1.01. The van der Waals surface area contributed by atoms with Gasteiger partial charge in [-0.25, -0.2) is 4.79 Å². The van der Waals surface area contributed by atoms with Crippen molar-refractivity contribution in [3.8, 4) is 0 Å². The number of hydrogen-bond acceptors (Lipinski definition) is 5. The van der Waals surface area contributed by atoms with E-state index in [-0.39, 0.29) is 12.5 Å².